The number of carbonyl (C=O) groups is 2. The van der Waals surface area contributed by atoms with Crippen LogP contribution in [0.2, 0.25) is 0 Å². The summed E-state index contributed by atoms with van der Waals surface area (Å²) in [5.74, 6) is -3.93. The lowest BCUT2D eigenvalue weighted by atomic mass is 9.80. The van der Waals surface area contributed by atoms with Gasteiger partial charge in [-0.05, 0) is 24.8 Å². The van der Waals surface area contributed by atoms with E-state index in [1.165, 1.54) is 13.2 Å². The van der Waals surface area contributed by atoms with Gasteiger partial charge in [0.1, 0.15) is 17.1 Å². The number of aromatic hydroxyl groups is 2. The summed E-state index contributed by atoms with van der Waals surface area (Å²) < 4.78 is 16.8. The van der Waals surface area contributed by atoms with Crippen LogP contribution in [0.1, 0.15) is 85.8 Å². The van der Waals surface area contributed by atoms with Crippen LogP contribution in [0.25, 0.3) is 0 Å². The fourth-order valence-electron chi connectivity index (χ4n) is 5.36. The Labute approximate surface area is 205 Å². The highest BCUT2D eigenvalue weighted by Gasteiger charge is 2.68. The largest absolute Gasteiger partial charge is 0.507 e. The zero-order chi connectivity index (χ0) is 26.2. The van der Waals surface area contributed by atoms with E-state index in [1.807, 2.05) is 27.7 Å². The number of hydrogen-bond donors (Lipinski definition) is 5. The lowest BCUT2D eigenvalue weighted by molar-refractivity contribution is -0.239. The van der Waals surface area contributed by atoms with E-state index in [4.69, 9.17) is 19.9 Å². The third-order valence-corrected chi connectivity index (χ3v) is 7.19. The molecule has 0 bridgehead atoms. The number of nitrogens with two attached hydrogens (primary N) is 1. The van der Waals surface area contributed by atoms with Crippen molar-refractivity contribution in [1.82, 2.24) is 0 Å². The van der Waals surface area contributed by atoms with Crippen molar-refractivity contribution in [2.45, 2.75) is 89.7 Å². The van der Waals surface area contributed by atoms with Gasteiger partial charge < -0.3 is 40.4 Å². The number of ether oxygens (including phenoxy) is 3. The van der Waals surface area contributed by atoms with Crippen LogP contribution in [-0.2, 0) is 14.2 Å². The number of amides is 1. The molecule has 196 valence electrons. The molecule has 0 aliphatic carbocycles. The minimum absolute atomic E-state index is 0.0467. The fraction of sp³-hybridized carbons (Fsp3) is 0.680. The SMILES string of the molecule is CCCC(C(=O)c1cc(C(OC)C(C)C)c(O)c(C(N)=O)c1O)C1CC(O)C2(OC2CC)C(O)O1. The Bertz CT molecular complexity index is 951. The van der Waals surface area contributed by atoms with Crippen LogP contribution in [0.15, 0.2) is 6.07 Å². The van der Waals surface area contributed by atoms with Gasteiger partial charge in [0.05, 0.1) is 30.0 Å². The van der Waals surface area contributed by atoms with Crippen LogP contribution < -0.4 is 5.73 Å². The van der Waals surface area contributed by atoms with E-state index in [0.29, 0.717) is 19.3 Å². The van der Waals surface area contributed by atoms with E-state index in [9.17, 15) is 30.0 Å². The number of aliphatic hydroxyl groups is 2. The average molecular weight is 496 g/mol. The molecule has 2 heterocycles. The standard InChI is InChI=1S/C25H37NO9/c1-6-8-12(15-10-16(27)25(24(32)34-15)17(7-2)35-25)19(28)13-9-14(22(33-5)11(3)4)21(30)18(20(13)29)23(26)31/h9,11-12,15-17,22,24,27,29-30,32H,6-8,10H2,1-5H3,(H2,26,31). The number of epoxide rings is 1. The van der Waals surface area contributed by atoms with Crippen LogP contribution in [0.3, 0.4) is 0 Å². The van der Waals surface area contributed by atoms with Gasteiger partial charge >= 0.3 is 0 Å². The van der Waals surface area contributed by atoms with Crippen molar-refractivity contribution in [3.63, 3.8) is 0 Å². The number of primary amides is 1. The maximum Gasteiger partial charge on any atom is 0.256 e. The molecular formula is C25H37NO9. The maximum absolute atomic E-state index is 13.8. The van der Waals surface area contributed by atoms with Crippen LogP contribution >= 0.6 is 0 Å². The first kappa shape index (κ1) is 27.3. The van der Waals surface area contributed by atoms with Crippen LogP contribution in [-0.4, -0.2) is 69.4 Å². The number of benzene rings is 1. The molecule has 1 aromatic carbocycles. The molecule has 0 aromatic heterocycles. The predicted molar refractivity (Wildman–Crippen MR) is 125 cm³/mol. The van der Waals surface area contributed by atoms with Gasteiger partial charge in [-0.2, -0.15) is 0 Å². The highest BCUT2D eigenvalue weighted by Crippen LogP contribution is 2.50. The minimum atomic E-state index is -1.42. The Hall–Kier alpha value is -2.24. The van der Waals surface area contributed by atoms with Gasteiger partial charge in [0.15, 0.2) is 17.7 Å². The zero-order valence-corrected chi connectivity index (χ0v) is 20.9. The Morgan fingerprint density at radius 1 is 1.23 bits per heavy atom. The Balaban J connectivity index is 2.03. The molecule has 2 aliphatic rings. The van der Waals surface area contributed by atoms with Gasteiger partial charge in [-0.1, -0.05) is 34.1 Å². The molecule has 1 spiro atoms. The van der Waals surface area contributed by atoms with E-state index in [2.05, 4.69) is 0 Å². The molecule has 6 N–H and O–H groups in total. The second kappa shape index (κ2) is 10.4. The molecule has 0 saturated carbocycles. The van der Waals surface area contributed by atoms with E-state index in [-0.39, 0.29) is 29.6 Å². The second-order valence-electron chi connectivity index (χ2n) is 9.76. The quantitative estimate of drug-likeness (QED) is 0.241. The molecule has 7 atom stereocenters. The molecule has 7 unspecified atom stereocenters. The Kier molecular flexibility index (Phi) is 8.12. The number of rotatable bonds is 10. The molecule has 1 aromatic rings. The van der Waals surface area contributed by atoms with Gasteiger partial charge in [-0.15, -0.1) is 0 Å². The van der Waals surface area contributed by atoms with Gasteiger partial charge in [-0.25, -0.2) is 0 Å². The highest BCUT2D eigenvalue weighted by atomic mass is 16.7. The van der Waals surface area contributed by atoms with Gasteiger partial charge in [0.2, 0.25) is 0 Å². The number of ketones is 1. The molecular weight excluding hydrogens is 458 g/mol. The molecule has 3 rings (SSSR count). The van der Waals surface area contributed by atoms with Crippen LogP contribution in [0.5, 0.6) is 11.5 Å². The van der Waals surface area contributed by atoms with Crippen molar-refractivity contribution in [3.05, 3.63) is 22.8 Å². The molecule has 35 heavy (non-hydrogen) atoms. The lowest BCUT2D eigenvalue weighted by Gasteiger charge is -2.39. The van der Waals surface area contributed by atoms with E-state index >= 15 is 0 Å². The first-order chi connectivity index (χ1) is 16.5. The average Bonchev–Trinajstić information content (AvgIpc) is 3.53. The van der Waals surface area contributed by atoms with Gasteiger partial charge in [0.25, 0.3) is 5.91 Å². The molecule has 0 radical (unpaired) electrons. The number of carbonyl (C=O) groups excluding carboxylic acids is 2. The summed E-state index contributed by atoms with van der Waals surface area (Å²) in [5, 5.41) is 43.0. The smallest absolute Gasteiger partial charge is 0.256 e. The zero-order valence-electron chi connectivity index (χ0n) is 20.9. The van der Waals surface area contributed by atoms with Crippen molar-refractivity contribution >= 4 is 11.7 Å². The first-order valence-electron chi connectivity index (χ1n) is 12.1. The number of aliphatic hydroxyl groups excluding tert-OH is 2. The van der Waals surface area contributed by atoms with E-state index in [0.717, 1.165) is 0 Å². The lowest BCUT2D eigenvalue weighted by Crippen LogP contribution is -2.55. The van der Waals surface area contributed by atoms with E-state index < -0.39 is 64.9 Å². The summed E-state index contributed by atoms with van der Waals surface area (Å²) in [6.07, 6.45) is -2.81. The fourth-order valence-corrected chi connectivity index (χ4v) is 5.36. The molecule has 2 fully saturated rings. The number of phenols is 2. The highest BCUT2D eigenvalue weighted by molar-refractivity contribution is 6.07. The molecule has 10 nitrogen and oxygen atoms in total. The minimum Gasteiger partial charge on any atom is -0.507 e. The van der Waals surface area contributed by atoms with Crippen LogP contribution in [0.4, 0.5) is 0 Å². The summed E-state index contributed by atoms with van der Waals surface area (Å²) in [5.41, 5.74) is 3.61. The van der Waals surface area contributed by atoms with Gasteiger partial charge in [-0.3, -0.25) is 9.59 Å². The third kappa shape index (κ3) is 4.65. The summed E-state index contributed by atoms with van der Waals surface area (Å²) in [4.78, 5) is 25.9. The first-order valence-corrected chi connectivity index (χ1v) is 12.1. The summed E-state index contributed by atoms with van der Waals surface area (Å²) >= 11 is 0. The normalized spacial score (nSPS) is 29.8. The molecule has 10 heteroatoms. The van der Waals surface area contributed by atoms with Crippen molar-refractivity contribution < 1.29 is 44.2 Å². The number of Topliss-reactive ketones (excluding diaryl/α,β-unsaturated/α-hetero) is 1. The number of methoxy groups -OCH3 is 1. The Morgan fingerprint density at radius 2 is 1.89 bits per heavy atom. The monoisotopic (exact) mass is 495 g/mol. The van der Waals surface area contributed by atoms with Crippen molar-refractivity contribution in [2.24, 2.45) is 17.6 Å². The van der Waals surface area contributed by atoms with E-state index in [1.54, 1.807) is 0 Å². The molecule has 2 aliphatic heterocycles. The van der Waals surface area contributed by atoms with Gasteiger partial charge in [0, 0.05) is 25.0 Å². The second-order valence-corrected chi connectivity index (χ2v) is 9.76. The van der Waals surface area contributed by atoms with Crippen molar-refractivity contribution in [2.75, 3.05) is 7.11 Å². The summed E-state index contributed by atoms with van der Waals surface area (Å²) in [6, 6.07) is 1.31. The number of hydrogen-bond acceptors (Lipinski definition) is 9. The van der Waals surface area contributed by atoms with Crippen LogP contribution in [0, 0.1) is 11.8 Å². The topological polar surface area (TPSA) is 172 Å². The molecule has 2 saturated heterocycles. The molecule has 1 amide bonds. The maximum atomic E-state index is 13.8. The van der Waals surface area contributed by atoms with Crippen molar-refractivity contribution in [3.8, 4) is 11.5 Å². The van der Waals surface area contributed by atoms with Crippen molar-refractivity contribution in [1.29, 1.82) is 0 Å². The predicted octanol–water partition coefficient (Wildman–Crippen LogP) is 2.16. The summed E-state index contributed by atoms with van der Waals surface area (Å²) in [6.45, 7) is 7.42. The summed E-state index contributed by atoms with van der Waals surface area (Å²) in [7, 11) is 1.43. The Morgan fingerprint density at radius 3 is 2.34 bits per heavy atom. The third-order valence-electron chi connectivity index (χ3n) is 7.19.